The molecule has 35 heavy (non-hydrogen) atoms. The summed E-state index contributed by atoms with van der Waals surface area (Å²) in [6, 6.07) is 14.6. The Morgan fingerprint density at radius 1 is 0.829 bits per heavy atom. The standard InChI is InChI=1S/C25H33N3O5S2/c29-25(26-19-21-9-3-1-4-10-21)20-28(22-11-5-2-6-12-22)35(32,33)24-15-13-23(14-16-24)34(30,31)27-17-7-8-18-27/h1,3-4,9-10,13-16,22H,2,5-8,11-12,17-20H2,(H,26,29). The minimum atomic E-state index is -4.00. The molecule has 2 aromatic rings. The molecular formula is C25H33N3O5S2. The third-order valence-electron chi connectivity index (χ3n) is 6.75. The number of carbonyl (C=O) groups is 1. The van der Waals surface area contributed by atoms with E-state index in [2.05, 4.69) is 5.32 Å². The van der Waals surface area contributed by atoms with Gasteiger partial charge in [-0.15, -0.1) is 0 Å². The van der Waals surface area contributed by atoms with Crippen molar-refractivity contribution < 1.29 is 21.6 Å². The van der Waals surface area contributed by atoms with Gasteiger partial charge in [-0.05, 0) is 55.5 Å². The highest BCUT2D eigenvalue weighted by Gasteiger charge is 2.34. The van der Waals surface area contributed by atoms with Gasteiger partial charge >= 0.3 is 0 Å². The van der Waals surface area contributed by atoms with E-state index in [4.69, 9.17) is 0 Å². The lowest BCUT2D eigenvalue weighted by molar-refractivity contribution is -0.121. The summed E-state index contributed by atoms with van der Waals surface area (Å²) in [5, 5.41) is 2.82. The largest absolute Gasteiger partial charge is 0.351 e. The summed E-state index contributed by atoms with van der Waals surface area (Å²) in [6.45, 7) is 1.01. The van der Waals surface area contributed by atoms with E-state index in [1.54, 1.807) is 0 Å². The van der Waals surface area contributed by atoms with E-state index in [-0.39, 0.29) is 28.3 Å². The Labute approximate surface area is 208 Å². The van der Waals surface area contributed by atoms with Gasteiger partial charge < -0.3 is 5.32 Å². The summed E-state index contributed by atoms with van der Waals surface area (Å²) in [5.41, 5.74) is 0.933. The molecule has 4 rings (SSSR count). The molecule has 2 aliphatic rings. The second-order valence-corrected chi connectivity index (χ2v) is 13.0. The van der Waals surface area contributed by atoms with Crippen molar-refractivity contribution in [2.75, 3.05) is 19.6 Å². The number of hydrogen-bond donors (Lipinski definition) is 1. The average molecular weight is 520 g/mol. The molecule has 1 saturated heterocycles. The molecule has 10 heteroatoms. The van der Waals surface area contributed by atoms with Crippen LogP contribution in [0.25, 0.3) is 0 Å². The third-order valence-corrected chi connectivity index (χ3v) is 10.6. The molecule has 0 atom stereocenters. The van der Waals surface area contributed by atoms with Crippen molar-refractivity contribution in [2.24, 2.45) is 0 Å². The predicted octanol–water partition coefficient (Wildman–Crippen LogP) is 3.11. The van der Waals surface area contributed by atoms with Crippen LogP contribution in [0.15, 0.2) is 64.4 Å². The van der Waals surface area contributed by atoms with Crippen LogP contribution in [-0.2, 0) is 31.4 Å². The molecule has 0 spiro atoms. The number of nitrogens with one attached hydrogen (secondary N) is 1. The van der Waals surface area contributed by atoms with Gasteiger partial charge in [-0.1, -0.05) is 49.6 Å². The topological polar surface area (TPSA) is 104 Å². The molecule has 1 heterocycles. The molecule has 0 bridgehead atoms. The van der Waals surface area contributed by atoms with Crippen LogP contribution in [0.4, 0.5) is 0 Å². The zero-order valence-electron chi connectivity index (χ0n) is 19.8. The summed E-state index contributed by atoms with van der Waals surface area (Å²) in [7, 11) is -7.63. The zero-order valence-corrected chi connectivity index (χ0v) is 21.4. The van der Waals surface area contributed by atoms with Crippen LogP contribution in [0.3, 0.4) is 0 Å². The molecule has 1 N–H and O–H groups in total. The summed E-state index contributed by atoms with van der Waals surface area (Å²) in [5.74, 6) is -0.365. The fourth-order valence-corrected chi connectivity index (χ4v) is 7.93. The molecule has 1 aliphatic heterocycles. The molecule has 0 radical (unpaired) electrons. The van der Waals surface area contributed by atoms with E-state index in [0.29, 0.717) is 32.5 Å². The number of amides is 1. The Morgan fingerprint density at radius 3 is 2.06 bits per heavy atom. The van der Waals surface area contributed by atoms with Gasteiger partial charge in [0.1, 0.15) is 0 Å². The van der Waals surface area contributed by atoms with Gasteiger partial charge in [-0.25, -0.2) is 16.8 Å². The minimum Gasteiger partial charge on any atom is -0.351 e. The molecule has 8 nitrogen and oxygen atoms in total. The van der Waals surface area contributed by atoms with Gasteiger partial charge in [0.15, 0.2) is 0 Å². The second-order valence-electron chi connectivity index (χ2n) is 9.19. The second kappa shape index (κ2) is 11.2. The van der Waals surface area contributed by atoms with Crippen molar-refractivity contribution in [3.05, 3.63) is 60.2 Å². The van der Waals surface area contributed by atoms with E-state index >= 15 is 0 Å². The number of rotatable bonds is 9. The number of carbonyl (C=O) groups excluding carboxylic acids is 1. The van der Waals surface area contributed by atoms with Crippen molar-refractivity contribution in [1.29, 1.82) is 0 Å². The quantitative estimate of drug-likeness (QED) is 0.548. The molecule has 2 aromatic carbocycles. The summed E-state index contributed by atoms with van der Waals surface area (Å²) >= 11 is 0. The van der Waals surface area contributed by atoms with Gasteiger partial charge in [-0.2, -0.15) is 8.61 Å². The van der Waals surface area contributed by atoms with E-state index < -0.39 is 20.0 Å². The van der Waals surface area contributed by atoms with E-state index in [1.165, 1.54) is 32.9 Å². The SMILES string of the molecule is O=C(CN(C1CCCCC1)S(=O)(=O)c1ccc(S(=O)(=O)N2CCCC2)cc1)NCc1ccccc1. The molecule has 1 aliphatic carbocycles. The third kappa shape index (κ3) is 6.11. The first-order valence-electron chi connectivity index (χ1n) is 12.2. The van der Waals surface area contributed by atoms with Crippen LogP contribution in [0.5, 0.6) is 0 Å². The van der Waals surface area contributed by atoms with Crippen molar-refractivity contribution in [2.45, 2.75) is 67.3 Å². The van der Waals surface area contributed by atoms with Crippen LogP contribution in [0, 0.1) is 0 Å². The smallest absolute Gasteiger partial charge is 0.243 e. The Hall–Kier alpha value is -2.27. The van der Waals surface area contributed by atoms with Crippen LogP contribution in [-0.4, -0.2) is 57.0 Å². The maximum atomic E-state index is 13.6. The molecule has 2 fully saturated rings. The van der Waals surface area contributed by atoms with E-state index in [0.717, 1.165) is 37.7 Å². The molecule has 0 unspecified atom stereocenters. The number of hydrogen-bond acceptors (Lipinski definition) is 5. The van der Waals surface area contributed by atoms with Gasteiger partial charge in [0.05, 0.1) is 16.3 Å². The maximum Gasteiger partial charge on any atom is 0.243 e. The normalized spacial score (nSPS) is 18.1. The van der Waals surface area contributed by atoms with Crippen molar-refractivity contribution in [3.63, 3.8) is 0 Å². The first-order valence-corrected chi connectivity index (χ1v) is 15.1. The monoisotopic (exact) mass is 519 g/mol. The summed E-state index contributed by atoms with van der Waals surface area (Å²) < 4.78 is 55.7. The summed E-state index contributed by atoms with van der Waals surface area (Å²) in [4.78, 5) is 12.9. The fraction of sp³-hybridized carbons (Fsp3) is 0.480. The highest BCUT2D eigenvalue weighted by molar-refractivity contribution is 7.89. The van der Waals surface area contributed by atoms with Crippen molar-refractivity contribution >= 4 is 26.0 Å². The first kappa shape index (κ1) is 25.8. The van der Waals surface area contributed by atoms with Crippen molar-refractivity contribution in [1.82, 2.24) is 13.9 Å². The molecule has 0 aromatic heterocycles. The number of nitrogens with zero attached hydrogens (tertiary/aromatic N) is 2. The Morgan fingerprint density at radius 2 is 1.43 bits per heavy atom. The molecule has 1 amide bonds. The molecular weight excluding hydrogens is 486 g/mol. The van der Waals surface area contributed by atoms with E-state index in [1.807, 2.05) is 30.3 Å². The number of benzene rings is 2. The lowest BCUT2D eigenvalue weighted by Gasteiger charge is -2.33. The van der Waals surface area contributed by atoms with Gasteiger partial charge in [0.2, 0.25) is 26.0 Å². The molecule has 1 saturated carbocycles. The lowest BCUT2D eigenvalue weighted by atomic mass is 9.95. The van der Waals surface area contributed by atoms with Gasteiger partial charge in [0, 0.05) is 25.7 Å². The zero-order chi connectivity index (χ0) is 24.9. The Balaban J connectivity index is 1.53. The van der Waals surface area contributed by atoms with Crippen LogP contribution >= 0.6 is 0 Å². The average Bonchev–Trinajstić information content (AvgIpc) is 3.43. The van der Waals surface area contributed by atoms with Gasteiger partial charge in [-0.3, -0.25) is 4.79 Å². The highest BCUT2D eigenvalue weighted by Crippen LogP contribution is 2.29. The Bertz CT molecular complexity index is 1200. The fourth-order valence-electron chi connectivity index (χ4n) is 4.77. The lowest BCUT2D eigenvalue weighted by Crippen LogP contribution is -2.46. The van der Waals surface area contributed by atoms with Crippen LogP contribution < -0.4 is 5.32 Å². The predicted molar refractivity (Wildman–Crippen MR) is 133 cm³/mol. The molecule has 190 valence electrons. The first-order chi connectivity index (χ1) is 16.8. The summed E-state index contributed by atoms with van der Waals surface area (Å²) in [6.07, 6.45) is 5.93. The highest BCUT2D eigenvalue weighted by atomic mass is 32.2. The number of sulfonamides is 2. The van der Waals surface area contributed by atoms with Crippen LogP contribution in [0.1, 0.15) is 50.5 Å². The van der Waals surface area contributed by atoms with Crippen molar-refractivity contribution in [3.8, 4) is 0 Å². The van der Waals surface area contributed by atoms with E-state index in [9.17, 15) is 21.6 Å². The van der Waals surface area contributed by atoms with Gasteiger partial charge in [0.25, 0.3) is 0 Å². The maximum absolute atomic E-state index is 13.6. The Kier molecular flexibility index (Phi) is 8.26. The van der Waals surface area contributed by atoms with Crippen LogP contribution in [0.2, 0.25) is 0 Å². The minimum absolute atomic E-state index is 0.000644.